The predicted octanol–water partition coefficient (Wildman–Crippen LogP) is 8.67. The van der Waals surface area contributed by atoms with E-state index in [4.69, 9.17) is 0 Å². The molecule has 1 aliphatic rings. The first-order valence-corrected chi connectivity index (χ1v) is 12.9. The van der Waals surface area contributed by atoms with Gasteiger partial charge in [0.1, 0.15) is 0 Å². The zero-order chi connectivity index (χ0) is 23.5. The van der Waals surface area contributed by atoms with Crippen molar-refractivity contribution < 1.29 is 24.2 Å². The molecule has 0 unspecified atom stereocenters. The van der Waals surface area contributed by atoms with Gasteiger partial charge in [-0.15, -0.1) is 28.5 Å². The van der Waals surface area contributed by atoms with E-state index >= 15 is 0 Å². The Hall–Kier alpha value is -3.02. The van der Waals surface area contributed by atoms with E-state index in [-0.39, 0.29) is 0 Å². The first-order chi connectivity index (χ1) is 16.6. The number of benzene rings is 5. The van der Waals surface area contributed by atoms with Gasteiger partial charge in [0.25, 0.3) is 0 Å². The van der Waals surface area contributed by atoms with Crippen molar-refractivity contribution in [3.63, 3.8) is 0 Å². The van der Waals surface area contributed by atoms with E-state index in [0.717, 1.165) is 6.42 Å². The molecule has 0 amide bonds. The molecule has 0 aliphatic heterocycles. The van der Waals surface area contributed by atoms with Crippen LogP contribution in [0.5, 0.6) is 0 Å². The summed E-state index contributed by atoms with van der Waals surface area (Å²) < 4.78 is 1.51. The molecule has 0 radical (unpaired) electrons. The van der Waals surface area contributed by atoms with Crippen LogP contribution in [0.1, 0.15) is 25.0 Å². The van der Waals surface area contributed by atoms with Crippen LogP contribution in [0, 0.1) is 6.07 Å². The Labute approximate surface area is 216 Å². The second kappa shape index (κ2) is 10.1. The molecule has 0 heterocycles. The maximum atomic E-state index is 3.30. The van der Waals surface area contributed by atoms with Crippen molar-refractivity contribution in [2.45, 2.75) is 20.3 Å². The quantitative estimate of drug-likeness (QED) is 0.141. The molecule has 0 saturated carbocycles. The van der Waals surface area contributed by atoms with Crippen LogP contribution in [0.4, 0.5) is 0 Å². The zero-order valence-electron chi connectivity index (χ0n) is 19.6. The summed E-state index contributed by atoms with van der Waals surface area (Å²) in [6, 6.07) is 42.1. The van der Waals surface area contributed by atoms with Gasteiger partial charge in [-0.2, -0.15) is 42.0 Å². The van der Waals surface area contributed by atoms with Crippen molar-refractivity contribution in [1.29, 1.82) is 0 Å². The Balaban J connectivity index is 0.000000126. The minimum absolute atomic E-state index is 1.05. The van der Waals surface area contributed by atoms with Crippen LogP contribution in [0.2, 0.25) is 0 Å². The van der Waals surface area contributed by atoms with Gasteiger partial charge < -0.3 is 0 Å². The third kappa shape index (κ3) is 4.63. The summed E-state index contributed by atoms with van der Waals surface area (Å²) in [5.41, 5.74) is 5.51. The summed E-state index contributed by atoms with van der Waals surface area (Å²) in [6.45, 7) is 4.25. The van der Waals surface area contributed by atoms with Crippen molar-refractivity contribution >= 4 is 35.5 Å². The molecular formula is C33H26Zr. The zero-order valence-corrected chi connectivity index (χ0v) is 22.1. The maximum absolute atomic E-state index is 3.30. The number of rotatable bonds is 0. The van der Waals surface area contributed by atoms with Gasteiger partial charge in [-0.05, 0) is 11.8 Å². The Morgan fingerprint density at radius 2 is 1.41 bits per heavy atom. The van der Waals surface area contributed by atoms with Gasteiger partial charge in [-0.3, -0.25) is 0 Å². The summed E-state index contributed by atoms with van der Waals surface area (Å²) in [7, 11) is 0. The van der Waals surface area contributed by atoms with Crippen LogP contribution < -0.4 is 0 Å². The molecule has 34 heavy (non-hydrogen) atoms. The van der Waals surface area contributed by atoms with E-state index in [0.29, 0.717) is 0 Å². The first kappa shape index (κ1) is 22.8. The largest absolute Gasteiger partial charge is 0.179 e. The second-order valence-corrected chi connectivity index (χ2v) is 11.3. The fraction of sp³-hybridized carbons (Fsp3) is 0.0909. The first-order valence-electron chi connectivity index (χ1n) is 11.7. The molecule has 6 aromatic carbocycles. The number of hydrogen-bond acceptors (Lipinski definition) is 0. The van der Waals surface area contributed by atoms with E-state index in [1.54, 1.807) is 24.2 Å². The van der Waals surface area contributed by atoms with Gasteiger partial charge in [0.05, 0.1) is 0 Å². The summed E-state index contributed by atoms with van der Waals surface area (Å²) >= 11 is 1.55. The molecule has 162 valence electrons. The average Bonchev–Trinajstić information content (AvgIpc) is 3.48. The summed E-state index contributed by atoms with van der Waals surface area (Å²) in [6.07, 6.45) is 1.05. The molecule has 6 aromatic rings. The number of hydrogen-bond donors (Lipinski definition) is 0. The van der Waals surface area contributed by atoms with Crippen LogP contribution in [-0.2, 0) is 30.7 Å². The summed E-state index contributed by atoms with van der Waals surface area (Å²) in [4.78, 5) is 0. The van der Waals surface area contributed by atoms with Crippen LogP contribution in [-0.4, -0.2) is 3.21 Å². The average molecular weight is 514 g/mol. The topological polar surface area (TPSA) is 0 Å². The van der Waals surface area contributed by atoms with Crippen molar-refractivity contribution in [2.24, 2.45) is 0 Å². The molecule has 0 N–H and O–H groups in total. The SMILES string of the molecule is C[C](C)=[Zr+2].[c-]1cccc2c1Cc1ccccc1-2.c1ccc2c(c1)ccc1ccc3cc[cH-]c3c12. The van der Waals surface area contributed by atoms with Crippen molar-refractivity contribution in [3.05, 3.63) is 126 Å². The molecule has 0 aromatic heterocycles. The van der Waals surface area contributed by atoms with Gasteiger partial charge in [-0.1, -0.05) is 94.0 Å². The molecule has 7 rings (SSSR count). The van der Waals surface area contributed by atoms with Gasteiger partial charge in [0.15, 0.2) is 0 Å². The Morgan fingerprint density at radius 3 is 2.26 bits per heavy atom. The second-order valence-electron chi connectivity index (χ2n) is 8.88. The van der Waals surface area contributed by atoms with Gasteiger partial charge in [0.2, 0.25) is 0 Å². The van der Waals surface area contributed by atoms with E-state index < -0.39 is 0 Å². The van der Waals surface area contributed by atoms with Crippen LogP contribution in [0.15, 0.2) is 109 Å². The minimum Gasteiger partial charge on any atom is -0.179 e. The molecule has 0 nitrogen and oxygen atoms in total. The van der Waals surface area contributed by atoms with Crippen molar-refractivity contribution in [1.82, 2.24) is 0 Å². The van der Waals surface area contributed by atoms with Crippen LogP contribution >= 0.6 is 0 Å². The summed E-state index contributed by atoms with van der Waals surface area (Å²) in [5, 5.41) is 8.05. The van der Waals surface area contributed by atoms with E-state index in [1.807, 2.05) is 6.07 Å². The molecule has 0 fully saturated rings. The normalized spacial score (nSPS) is 11.3. The molecule has 0 bridgehead atoms. The van der Waals surface area contributed by atoms with Gasteiger partial charge in [0, 0.05) is 0 Å². The third-order valence-corrected chi connectivity index (χ3v) is 6.14. The molecule has 0 saturated heterocycles. The predicted molar refractivity (Wildman–Crippen MR) is 144 cm³/mol. The van der Waals surface area contributed by atoms with Crippen molar-refractivity contribution in [3.8, 4) is 11.1 Å². The minimum atomic E-state index is 1.05. The monoisotopic (exact) mass is 512 g/mol. The van der Waals surface area contributed by atoms with Crippen LogP contribution in [0.25, 0.3) is 43.4 Å². The fourth-order valence-corrected chi connectivity index (χ4v) is 4.71. The number of fused-ring (bicyclic) bond motifs is 8. The van der Waals surface area contributed by atoms with E-state index in [1.165, 1.54) is 57.8 Å². The molecular weight excluding hydrogens is 488 g/mol. The molecule has 1 aliphatic carbocycles. The standard InChI is InChI=1S/C17H11.C13H9.C3H6.Zr/c1-2-6-15-12(4-1)8-10-14-11-9-13-5-3-7-16(13)17(14)15;1-3-7-12-10(5-1)9-11-6-2-4-8-13(11)12;1-3-2;/h1-11H;1-5,7-8H,9H2;1-2H3;/q2*-1;;+2. The fourth-order valence-electron chi connectivity index (χ4n) is 4.71. The van der Waals surface area contributed by atoms with Gasteiger partial charge in [-0.25, -0.2) is 0 Å². The molecule has 0 spiro atoms. The van der Waals surface area contributed by atoms with Crippen LogP contribution in [0.3, 0.4) is 0 Å². The van der Waals surface area contributed by atoms with Crippen molar-refractivity contribution in [2.75, 3.05) is 0 Å². The summed E-state index contributed by atoms with van der Waals surface area (Å²) in [5.74, 6) is 0. The molecule has 1 heteroatoms. The smallest absolute Gasteiger partial charge is 0.0253 e. The third-order valence-electron chi connectivity index (χ3n) is 6.14. The Bertz CT molecular complexity index is 1570. The molecule has 0 atom stereocenters. The Kier molecular flexibility index (Phi) is 6.75. The van der Waals surface area contributed by atoms with Gasteiger partial charge >= 0.3 is 41.3 Å². The van der Waals surface area contributed by atoms with E-state index in [2.05, 4.69) is 123 Å². The van der Waals surface area contributed by atoms with E-state index in [9.17, 15) is 0 Å². The maximum Gasteiger partial charge on any atom is -0.0253 e. The Morgan fingerprint density at radius 1 is 0.735 bits per heavy atom.